The predicted octanol–water partition coefficient (Wildman–Crippen LogP) is 3.52. The first kappa shape index (κ1) is 15.1. The largest absolute Gasteiger partial charge is 0.314 e. The molecule has 2 nitrogen and oxygen atoms in total. The summed E-state index contributed by atoms with van der Waals surface area (Å²) in [5.41, 5.74) is 1.45. The molecule has 21 heavy (non-hydrogen) atoms. The van der Waals surface area contributed by atoms with Gasteiger partial charge >= 0.3 is 0 Å². The second kappa shape index (κ2) is 7.95. The summed E-state index contributed by atoms with van der Waals surface area (Å²) in [6.45, 7) is 2.36. The van der Waals surface area contributed by atoms with Crippen molar-refractivity contribution in [2.75, 3.05) is 13.1 Å². The Morgan fingerprint density at radius 1 is 0.952 bits per heavy atom. The van der Waals surface area contributed by atoms with E-state index < -0.39 is 0 Å². The molecular weight excluding hydrogens is 256 g/mol. The van der Waals surface area contributed by atoms with Gasteiger partial charge in [-0.15, -0.1) is 0 Å². The van der Waals surface area contributed by atoms with Crippen molar-refractivity contribution < 1.29 is 0 Å². The maximum absolute atomic E-state index is 3.88. The average Bonchev–Trinajstić information content (AvgIpc) is 2.57. The van der Waals surface area contributed by atoms with E-state index in [1.54, 1.807) is 0 Å². The van der Waals surface area contributed by atoms with Crippen molar-refractivity contribution in [3.8, 4) is 0 Å². The zero-order chi connectivity index (χ0) is 14.3. The molecule has 2 aliphatic rings. The van der Waals surface area contributed by atoms with Crippen LogP contribution in [0.1, 0.15) is 50.5 Å². The molecule has 0 bridgehead atoms. The summed E-state index contributed by atoms with van der Waals surface area (Å²) in [7, 11) is 0. The molecule has 3 rings (SSSR count). The molecule has 0 amide bonds. The van der Waals surface area contributed by atoms with E-state index in [1.165, 1.54) is 57.1 Å². The minimum Gasteiger partial charge on any atom is -0.314 e. The second-order valence-electron chi connectivity index (χ2n) is 6.80. The Hall–Kier alpha value is -0.860. The van der Waals surface area contributed by atoms with Crippen molar-refractivity contribution in [1.82, 2.24) is 10.6 Å². The van der Waals surface area contributed by atoms with E-state index in [1.807, 2.05) is 0 Å². The quantitative estimate of drug-likeness (QED) is 0.865. The van der Waals surface area contributed by atoms with Gasteiger partial charge in [-0.2, -0.15) is 0 Å². The molecule has 1 saturated carbocycles. The third-order valence-electron chi connectivity index (χ3n) is 5.35. The highest BCUT2D eigenvalue weighted by atomic mass is 15.0. The number of rotatable bonds is 5. The van der Waals surface area contributed by atoms with E-state index >= 15 is 0 Å². The zero-order valence-corrected chi connectivity index (χ0v) is 13.2. The summed E-state index contributed by atoms with van der Waals surface area (Å²) >= 11 is 0. The number of hydrogen-bond donors (Lipinski definition) is 2. The molecule has 1 aromatic carbocycles. The molecule has 1 heterocycles. The lowest BCUT2D eigenvalue weighted by Crippen LogP contribution is -2.50. The smallest absolute Gasteiger partial charge is 0.0110 e. The maximum atomic E-state index is 3.88. The van der Waals surface area contributed by atoms with Crippen molar-refractivity contribution in [1.29, 1.82) is 0 Å². The van der Waals surface area contributed by atoms with Gasteiger partial charge in [0.2, 0.25) is 0 Å². The summed E-state index contributed by atoms with van der Waals surface area (Å²) < 4.78 is 0. The molecule has 1 aromatic rings. The van der Waals surface area contributed by atoms with Crippen molar-refractivity contribution in [3.05, 3.63) is 35.9 Å². The fourth-order valence-corrected chi connectivity index (χ4v) is 4.19. The molecule has 2 heteroatoms. The summed E-state index contributed by atoms with van der Waals surface area (Å²) in [5, 5.41) is 7.66. The Balaban J connectivity index is 1.49. The van der Waals surface area contributed by atoms with Crippen LogP contribution in [0.2, 0.25) is 0 Å². The minimum absolute atomic E-state index is 0.734. The van der Waals surface area contributed by atoms with E-state index in [2.05, 4.69) is 41.0 Å². The standard InChI is InChI=1S/C19H30N2/c1-2-8-16(9-3-1)13-15-21-19-11-5-4-10-17(19)18-12-6-7-14-20-18/h1-3,8-9,17-21H,4-7,10-15H2. The highest BCUT2D eigenvalue weighted by molar-refractivity contribution is 5.14. The molecule has 116 valence electrons. The van der Waals surface area contributed by atoms with Crippen LogP contribution in [0.3, 0.4) is 0 Å². The van der Waals surface area contributed by atoms with Crippen LogP contribution in [0.15, 0.2) is 30.3 Å². The van der Waals surface area contributed by atoms with E-state index in [9.17, 15) is 0 Å². The van der Waals surface area contributed by atoms with Crippen molar-refractivity contribution in [2.45, 2.75) is 63.5 Å². The van der Waals surface area contributed by atoms with Gasteiger partial charge in [-0.3, -0.25) is 0 Å². The molecule has 1 aliphatic heterocycles. The maximum Gasteiger partial charge on any atom is 0.0110 e. The van der Waals surface area contributed by atoms with Crippen LogP contribution in [0.5, 0.6) is 0 Å². The van der Waals surface area contributed by atoms with Crippen LogP contribution in [0.4, 0.5) is 0 Å². The Bertz CT molecular complexity index is 397. The Morgan fingerprint density at radius 3 is 2.57 bits per heavy atom. The molecule has 3 unspecified atom stereocenters. The highest BCUT2D eigenvalue weighted by Gasteiger charge is 2.31. The third-order valence-corrected chi connectivity index (χ3v) is 5.35. The highest BCUT2D eigenvalue weighted by Crippen LogP contribution is 2.30. The van der Waals surface area contributed by atoms with Gasteiger partial charge in [0.15, 0.2) is 0 Å². The Kier molecular flexibility index (Phi) is 5.70. The molecular formula is C19H30N2. The molecule has 2 N–H and O–H groups in total. The van der Waals surface area contributed by atoms with Crippen molar-refractivity contribution in [3.63, 3.8) is 0 Å². The molecule has 1 aliphatic carbocycles. The summed E-state index contributed by atoms with van der Waals surface area (Å²) in [5.74, 6) is 0.856. The van der Waals surface area contributed by atoms with Gasteiger partial charge in [0.1, 0.15) is 0 Å². The van der Waals surface area contributed by atoms with Crippen LogP contribution in [-0.4, -0.2) is 25.2 Å². The van der Waals surface area contributed by atoms with E-state index in [-0.39, 0.29) is 0 Å². The molecule has 2 fully saturated rings. The second-order valence-corrected chi connectivity index (χ2v) is 6.80. The number of piperidine rings is 1. The van der Waals surface area contributed by atoms with Crippen LogP contribution in [0, 0.1) is 5.92 Å². The Morgan fingerprint density at radius 2 is 1.76 bits per heavy atom. The fraction of sp³-hybridized carbons (Fsp3) is 0.684. The Labute approximate surface area is 129 Å². The van der Waals surface area contributed by atoms with Gasteiger partial charge in [0, 0.05) is 12.1 Å². The molecule has 0 radical (unpaired) electrons. The number of hydrogen-bond acceptors (Lipinski definition) is 2. The van der Waals surface area contributed by atoms with Gasteiger partial charge in [-0.1, -0.05) is 49.6 Å². The minimum atomic E-state index is 0.734. The fourth-order valence-electron chi connectivity index (χ4n) is 4.19. The predicted molar refractivity (Wildman–Crippen MR) is 89.5 cm³/mol. The monoisotopic (exact) mass is 286 g/mol. The summed E-state index contributed by atoms with van der Waals surface area (Å²) in [4.78, 5) is 0. The number of benzene rings is 1. The van der Waals surface area contributed by atoms with E-state index in [0.717, 1.165) is 31.0 Å². The average molecular weight is 286 g/mol. The van der Waals surface area contributed by atoms with Crippen LogP contribution in [0.25, 0.3) is 0 Å². The number of nitrogens with one attached hydrogen (secondary N) is 2. The molecule has 3 atom stereocenters. The zero-order valence-electron chi connectivity index (χ0n) is 13.2. The topological polar surface area (TPSA) is 24.1 Å². The summed E-state index contributed by atoms with van der Waals surface area (Å²) in [6.07, 6.45) is 11.0. The van der Waals surface area contributed by atoms with E-state index in [4.69, 9.17) is 0 Å². The lowest BCUT2D eigenvalue weighted by atomic mass is 9.77. The SMILES string of the molecule is c1ccc(CCNC2CCCCC2C2CCCCN2)cc1. The lowest BCUT2D eigenvalue weighted by Gasteiger charge is -2.40. The van der Waals surface area contributed by atoms with Crippen LogP contribution < -0.4 is 10.6 Å². The third kappa shape index (κ3) is 4.31. The molecule has 0 spiro atoms. The van der Waals surface area contributed by atoms with E-state index in [0.29, 0.717) is 0 Å². The molecule has 1 saturated heterocycles. The van der Waals surface area contributed by atoms with Crippen LogP contribution in [-0.2, 0) is 6.42 Å². The summed E-state index contributed by atoms with van der Waals surface area (Å²) in [6, 6.07) is 12.4. The normalized spacial score (nSPS) is 30.2. The first-order valence-corrected chi connectivity index (χ1v) is 8.94. The van der Waals surface area contributed by atoms with Gasteiger partial charge < -0.3 is 10.6 Å². The van der Waals surface area contributed by atoms with Crippen LogP contribution >= 0.6 is 0 Å². The lowest BCUT2D eigenvalue weighted by molar-refractivity contribution is 0.182. The van der Waals surface area contributed by atoms with Crippen molar-refractivity contribution in [2.24, 2.45) is 5.92 Å². The first-order chi connectivity index (χ1) is 10.4. The van der Waals surface area contributed by atoms with Gasteiger partial charge in [0.25, 0.3) is 0 Å². The van der Waals surface area contributed by atoms with Gasteiger partial charge in [0.05, 0.1) is 0 Å². The van der Waals surface area contributed by atoms with Crippen molar-refractivity contribution >= 4 is 0 Å². The molecule has 0 aromatic heterocycles. The van der Waals surface area contributed by atoms with Gasteiger partial charge in [-0.25, -0.2) is 0 Å². The van der Waals surface area contributed by atoms with Gasteiger partial charge in [-0.05, 0) is 56.7 Å². The first-order valence-electron chi connectivity index (χ1n) is 8.94.